The van der Waals surface area contributed by atoms with E-state index < -0.39 is 0 Å². The minimum Gasteiger partial charge on any atom is -0.305 e. The molecule has 14 heavy (non-hydrogen) atoms. The zero-order valence-electron chi connectivity index (χ0n) is 9.25. The van der Waals surface area contributed by atoms with Crippen LogP contribution in [0.15, 0.2) is 18.2 Å². The monoisotopic (exact) mass is 190 g/mol. The lowest BCUT2D eigenvalue weighted by atomic mass is 10.1. The number of rotatable bonds is 2. The molecule has 0 spiro atoms. The molecule has 1 aliphatic heterocycles. The van der Waals surface area contributed by atoms with Crippen molar-refractivity contribution in [3.63, 3.8) is 0 Å². The summed E-state index contributed by atoms with van der Waals surface area (Å²) in [6.45, 7) is 3.26. The second-order valence-corrected chi connectivity index (χ2v) is 4.51. The molecule has 0 amide bonds. The minimum absolute atomic E-state index is 1.04. The van der Waals surface area contributed by atoms with Crippen LogP contribution in [0, 0.1) is 0 Å². The van der Waals surface area contributed by atoms with Crippen molar-refractivity contribution in [2.75, 3.05) is 21.1 Å². The Balaban J connectivity index is 2.20. The molecule has 0 aromatic heterocycles. The van der Waals surface area contributed by atoms with Gasteiger partial charge in [0.05, 0.1) is 0 Å². The van der Waals surface area contributed by atoms with Crippen molar-refractivity contribution >= 4 is 0 Å². The molecular weight excluding hydrogens is 172 g/mol. The van der Waals surface area contributed by atoms with Crippen LogP contribution in [0.1, 0.15) is 16.7 Å². The molecule has 1 aromatic carbocycles. The zero-order chi connectivity index (χ0) is 10.1. The molecule has 1 aliphatic rings. The van der Waals surface area contributed by atoms with E-state index in [1.54, 1.807) is 0 Å². The average molecular weight is 190 g/mol. The molecule has 0 unspecified atom stereocenters. The fourth-order valence-corrected chi connectivity index (χ4v) is 2.08. The predicted molar refractivity (Wildman–Crippen MR) is 59.0 cm³/mol. The molecular formula is C12H18N2. The first-order chi connectivity index (χ1) is 6.65. The summed E-state index contributed by atoms with van der Waals surface area (Å²) in [4.78, 5) is 4.56. The third-order valence-electron chi connectivity index (χ3n) is 2.65. The van der Waals surface area contributed by atoms with Gasteiger partial charge in [0, 0.05) is 19.6 Å². The molecule has 2 nitrogen and oxygen atoms in total. The van der Waals surface area contributed by atoms with E-state index in [0.29, 0.717) is 0 Å². The third-order valence-corrected chi connectivity index (χ3v) is 2.65. The Bertz CT molecular complexity index is 331. The Morgan fingerprint density at radius 3 is 2.64 bits per heavy atom. The molecule has 2 rings (SSSR count). The Kier molecular flexibility index (Phi) is 2.57. The van der Waals surface area contributed by atoms with Crippen LogP contribution in [0.25, 0.3) is 0 Å². The van der Waals surface area contributed by atoms with E-state index in [1.165, 1.54) is 16.7 Å². The Morgan fingerprint density at radius 2 is 1.93 bits per heavy atom. The number of benzene rings is 1. The van der Waals surface area contributed by atoms with Gasteiger partial charge in [-0.2, -0.15) is 0 Å². The lowest BCUT2D eigenvalue weighted by Gasteiger charge is -2.10. The molecule has 0 N–H and O–H groups in total. The number of hydrogen-bond donors (Lipinski definition) is 0. The summed E-state index contributed by atoms with van der Waals surface area (Å²) in [7, 11) is 6.39. The number of fused-ring (bicyclic) bond motifs is 1. The average Bonchev–Trinajstić information content (AvgIpc) is 2.42. The Morgan fingerprint density at radius 1 is 1.21 bits per heavy atom. The van der Waals surface area contributed by atoms with Crippen molar-refractivity contribution < 1.29 is 0 Å². The van der Waals surface area contributed by atoms with Crippen LogP contribution in [0.2, 0.25) is 0 Å². The Labute approximate surface area is 86.1 Å². The largest absolute Gasteiger partial charge is 0.305 e. The van der Waals surface area contributed by atoms with Gasteiger partial charge >= 0.3 is 0 Å². The van der Waals surface area contributed by atoms with Gasteiger partial charge in [0.1, 0.15) is 0 Å². The molecule has 0 bridgehead atoms. The summed E-state index contributed by atoms with van der Waals surface area (Å²) in [5.74, 6) is 0. The highest BCUT2D eigenvalue weighted by Gasteiger charge is 2.15. The molecule has 0 saturated heterocycles. The molecule has 76 valence electrons. The van der Waals surface area contributed by atoms with Crippen molar-refractivity contribution in [3.8, 4) is 0 Å². The predicted octanol–water partition coefficient (Wildman–Crippen LogP) is 1.69. The highest BCUT2D eigenvalue weighted by molar-refractivity contribution is 5.34. The van der Waals surface area contributed by atoms with Gasteiger partial charge in [0.25, 0.3) is 0 Å². The normalized spacial score (nSPS) is 16.3. The van der Waals surface area contributed by atoms with Crippen LogP contribution in [0.4, 0.5) is 0 Å². The topological polar surface area (TPSA) is 6.48 Å². The van der Waals surface area contributed by atoms with Gasteiger partial charge in [-0.25, -0.2) is 0 Å². The van der Waals surface area contributed by atoms with E-state index >= 15 is 0 Å². The first-order valence-electron chi connectivity index (χ1n) is 5.09. The standard InChI is InChI=1S/C12H18N2/c1-13(2)7-10-4-5-11-8-14(3)9-12(11)6-10/h4-6H,7-9H2,1-3H3. The van der Waals surface area contributed by atoms with Crippen LogP contribution in [-0.4, -0.2) is 30.9 Å². The fraction of sp³-hybridized carbons (Fsp3) is 0.500. The molecule has 0 radical (unpaired) electrons. The maximum absolute atomic E-state index is 2.35. The van der Waals surface area contributed by atoms with Gasteiger partial charge < -0.3 is 4.90 Å². The van der Waals surface area contributed by atoms with Gasteiger partial charge in [-0.05, 0) is 37.8 Å². The number of hydrogen-bond acceptors (Lipinski definition) is 2. The third kappa shape index (κ3) is 1.97. The number of nitrogens with zero attached hydrogens (tertiary/aromatic N) is 2. The van der Waals surface area contributed by atoms with Gasteiger partial charge in [0.15, 0.2) is 0 Å². The first kappa shape index (κ1) is 9.69. The molecule has 1 heterocycles. The maximum atomic E-state index is 2.35. The van der Waals surface area contributed by atoms with E-state index in [1.807, 2.05) is 0 Å². The van der Waals surface area contributed by atoms with Crippen molar-refractivity contribution in [1.82, 2.24) is 9.80 Å². The lowest BCUT2D eigenvalue weighted by molar-refractivity contribution is 0.353. The quantitative estimate of drug-likeness (QED) is 0.700. The summed E-state index contributed by atoms with van der Waals surface area (Å²) in [6.07, 6.45) is 0. The molecule has 0 saturated carbocycles. The first-order valence-corrected chi connectivity index (χ1v) is 5.09. The maximum Gasteiger partial charge on any atom is 0.0237 e. The summed E-state index contributed by atoms with van der Waals surface area (Å²) >= 11 is 0. The fourth-order valence-electron chi connectivity index (χ4n) is 2.08. The zero-order valence-corrected chi connectivity index (χ0v) is 9.25. The van der Waals surface area contributed by atoms with Gasteiger partial charge in [-0.1, -0.05) is 18.2 Å². The van der Waals surface area contributed by atoms with Crippen LogP contribution >= 0.6 is 0 Å². The second kappa shape index (κ2) is 3.71. The van der Waals surface area contributed by atoms with Crippen LogP contribution in [-0.2, 0) is 19.6 Å². The summed E-state index contributed by atoms with van der Waals surface area (Å²) < 4.78 is 0. The molecule has 0 atom stereocenters. The smallest absolute Gasteiger partial charge is 0.0237 e. The minimum atomic E-state index is 1.04. The van der Waals surface area contributed by atoms with Gasteiger partial charge in [-0.3, -0.25) is 4.90 Å². The summed E-state index contributed by atoms with van der Waals surface area (Å²) in [6, 6.07) is 6.87. The highest BCUT2D eigenvalue weighted by atomic mass is 15.1. The van der Waals surface area contributed by atoms with Gasteiger partial charge in [-0.15, -0.1) is 0 Å². The van der Waals surface area contributed by atoms with Crippen LogP contribution in [0.5, 0.6) is 0 Å². The van der Waals surface area contributed by atoms with Crippen molar-refractivity contribution in [2.24, 2.45) is 0 Å². The van der Waals surface area contributed by atoms with E-state index in [4.69, 9.17) is 0 Å². The van der Waals surface area contributed by atoms with Crippen LogP contribution < -0.4 is 0 Å². The van der Waals surface area contributed by atoms with Crippen LogP contribution in [0.3, 0.4) is 0 Å². The SMILES string of the molecule is CN(C)Cc1ccc2c(c1)CN(C)C2. The molecule has 2 heteroatoms. The van der Waals surface area contributed by atoms with E-state index in [2.05, 4.69) is 49.1 Å². The van der Waals surface area contributed by atoms with Crippen molar-refractivity contribution in [1.29, 1.82) is 0 Å². The van der Waals surface area contributed by atoms with E-state index in [9.17, 15) is 0 Å². The lowest BCUT2D eigenvalue weighted by Crippen LogP contribution is -2.10. The Hall–Kier alpha value is -0.860. The molecule has 1 aromatic rings. The highest BCUT2D eigenvalue weighted by Crippen LogP contribution is 2.22. The van der Waals surface area contributed by atoms with E-state index in [0.717, 1.165) is 19.6 Å². The second-order valence-electron chi connectivity index (χ2n) is 4.51. The summed E-state index contributed by atoms with van der Waals surface area (Å²) in [5.41, 5.74) is 4.42. The van der Waals surface area contributed by atoms with Crippen molar-refractivity contribution in [2.45, 2.75) is 19.6 Å². The van der Waals surface area contributed by atoms with Crippen molar-refractivity contribution in [3.05, 3.63) is 34.9 Å². The summed E-state index contributed by atoms with van der Waals surface area (Å²) in [5, 5.41) is 0. The van der Waals surface area contributed by atoms with E-state index in [-0.39, 0.29) is 0 Å². The van der Waals surface area contributed by atoms with Gasteiger partial charge in [0.2, 0.25) is 0 Å². The molecule has 0 aliphatic carbocycles. The molecule has 0 fully saturated rings.